The van der Waals surface area contributed by atoms with Crippen LogP contribution in [-0.4, -0.2) is 40.0 Å². The number of rotatable bonds is 5. The standard InChI is InChI=1S/C16H22N2O5S/c1-5-24(22)12-9-7-6-8-11(12)14(20)23-10-13(19)17-15(21)18-16(2,3)4/h6-9H,5,10H2,1-4H3,(H2,17,18,19,21)/t24-/m0/s1. The second-order valence-electron chi connectivity index (χ2n) is 5.96. The molecule has 0 aliphatic heterocycles. The summed E-state index contributed by atoms with van der Waals surface area (Å²) in [5, 5.41) is 4.62. The van der Waals surface area contributed by atoms with E-state index in [-0.39, 0.29) is 5.56 Å². The molecule has 0 aromatic heterocycles. The number of amides is 3. The molecule has 132 valence electrons. The lowest BCUT2D eigenvalue weighted by molar-refractivity contribution is -0.123. The summed E-state index contributed by atoms with van der Waals surface area (Å²) < 4.78 is 16.8. The minimum Gasteiger partial charge on any atom is -0.452 e. The number of hydrogen-bond donors (Lipinski definition) is 2. The highest BCUT2D eigenvalue weighted by Crippen LogP contribution is 2.15. The Morgan fingerprint density at radius 1 is 1.17 bits per heavy atom. The number of imide groups is 1. The molecule has 0 fully saturated rings. The van der Waals surface area contributed by atoms with E-state index in [9.17, 15) is 18.6 Å². The van der Waals surface area contributed by atoms with Gasteiger partial charge >= 0.3 is 12.0 Å². The van der Waals surface area contributed by atoms with Gasteiger partial charge in [-0.2, -0.15) is 0 Å². The van der Waals surface area contributed by atoms with Crippen molar-refractivity contribution in [3.05, 3.63) is 29.8 Å². The number of carbonyl (C=O) groups excluding carboxylic acids is 3. The zero-order valence-corrected chi connectivity index (χ0v) is 15.0. The molecule has 0 aliphatic carbocycles. The Bertz CT molecular complexity index is 652. The van der Waals surface area contributed by atoms with Gasteiger partial charge in [-0.15, -0.1) is 0 Å². The number of ether oxygens (including phenoxy) is 1. The Morgan fingerprint density at radius 2 is 1.79 bits per heavy atom. The van der Waals surface area contributed by atoms with E-state index in [4.69, 9.17) is 4.74 Å². The van der Waals surface area contributed by atoms with Crippen molar-refractivity contribution in [2.75, 3.05) is 12.4 Å². The summed E-state index contributed by atoms with van der Waals surface area (Å²) in [4.78, 5) is 35.6. The van der Waals surface area contributed by atoms with E-state index < -0.39 is 40.9 Å². The maximum absolute atomic E-state index is 12.1. The molecule has 0 aliphatic rings. The SMILES string of the molecule is CC[S@](=O)c1ccccc1C(=O)OCC(=O)NC(=O)NC(C)(C)C. The van der Waals surface area contributed by atoms with Crippen LogP contribution in [0.1, 0.15) is 38.1 Å². The van der Waals surface area contributed by atoms with Crippen LogP contribution in [0.5, 0.6) is 0 Å². The smallest absolute Gasteiger partial charge is 0.339 e. The molecule has 0 heterocycles. The average molecular weight is 354 g/mol. The van der Waals surface area contributed by atoms with Gasteiger partial charge in [-0.3, -0.25) is 14.3 Å². The lowest BCUT2D eigenvalue weighted by Crippen LogP contribution is -2.49. The van der Waals surface area contributed by atoms with Gasteiger partial charge in [0.25, 0.3) is 5.91 Å². The molecule has 1 aromatic carbocycles. The Morgan fingerprint density at radius 3 is 2.38 bits per heavy atom. The van der Waals surface area contributed by atoms with Gasteiger partial charge in [-0.25, -0.2) is 9.59 Å². The Hall–Kier alpha value is -2.22. The highest BCUT2D eigenvalue weighted by molar-refractivity contribution is 7.85. The molecular weight excluding hydrogens is 332 g/mol. The minimum atomic E-state index is -1.32. The Labute approximate surface area is 143 Å². The van der Waals surface area contributed by atoms with Crippen molar-refractivity contribution in [2.24, 2.45) is 0 Å². The number of esters is 1. The van der Waals surface area contributed by atoms with Gasteiger partial charge in [0.1, 0.15) is 0 Å². The van der Waals surface area contributed by atoms with E-state index in [1.807, 2.05) is 0 Å². The van der Waals surface area contributed by atoms with E-state index in [2.05, 4.69) is 10.6 Å². The number of hydrogen-bond acceptors (Lipinski definition) is 5. The van der Waals surface area contributed by atoms with E-state index in [0.29, 0.717) is 10.6 Å². The molecule has 2 N–H and O–H groups in total. The quantitative estimate of drug-likeness (QED) is 0.782. The average Bonchev–Trinajstić information content (AvgIpc) is 2.49. The van der Waals surface area contributed by atoms with Gasteiger partial charge < -0.3 is 10.1 Å². The number of carbonyl (C=O) groups is 3. The van der Waals surface area contributed by atoms with Crippen molar-refractivity contribution in [3.8, 4) is 0 Å². The topological polar surface area (TPSA) is 102 Å². The second kappa shape index (κ2) is 8.58. The van der Waals surface area contributed by atoms with Crippen molar-refractivity contribution in [1.82, 2.24) is 10.6 Å². The summed E-state index contributed by atoms with van der Waals surface area (Å²) in [5.41, 5.74) is -0.353. The van der Waals surface area contributed by atoms with E-state index in [0.717, 1.165) is 0 Å². The molecule has 0 saturated carbocycles. The monoisotopic (exact) mass is 354 g/mol. The van der Waals surface area contributed by atoms with Crippen molar-refractivity contribution >= 4 is 28.7 Å². The highest BCUT2D eigenvalue weighted by atomic mass is 32.2. The molecule has 8 heteroatoms. The fraction of sp³-hybridized carbons (Fsp3) is 0.438. The van der Waals surface area contributed by atoms with Crippen LogP contribution in [0.3, 0.4) is 0 Å². The lowest BCUT2D eigenvalue weighted by atomic mass is 10.1. The number of nitrogens with one attached hydrogen (secondary N) is 2. The van der Waals surface area contributed by atoms with Crippen molar-refractivity contribution in [2.45, 2.75) is 38.1 Å². The fourth-order valence-corrected chi connectivity index (χ4v) is 2.67. The molecule has 1 rings (SSSR count). The van der Waals surface area contributed by atoms with Gasteiger partial charge in [0.2, 0.25) is 0 Å². The zero-order chi connectivity index (χ0) is 18.3. The molecule has 1 aromatic rings. The molecule has 0 unspecified atom stereocenters. The first-order chi connectivity index (χ1) is 11.1. The molecule has 1 atom stereocenters. The predicted octanol–water partition coefficient (Wildman–Crippen LogP) is 1.60. The van der Waals surface area contributed by atoms with Gasteiger partial charge in [0.15, 0.2) is 6.61 Å². The normalized spacial score (nSPS) is 12.2. The molecule has 0 saturated heterocycles. The largest absolute Gasteiger partial charge is 0.452 e. The summed E-state index contributed by atoms with van der Waals surface area (Å²) >= 11 is 0. The Balaban J connectivity index is 2.62. The first-order valence-corrected chi connectivity index (χ1v) is 8.72. The Kier molecular flexibility index (Phi) is 7.09. The van der Waals surface area contributed by atoms with Crippen LogP contribution in [0.15, 0.2) is 29.2 Å². The minimum absolute atomic E-state index is 0.143. The van der Waals surface area contributed by atoms with Crippen LogP contribution in [0.4, 0.5) is 4.79 Å². The van der Waals surface area contributed by atoms with E-state index in [1.54, 1.807) is 45.9 Å². The van der Waals surface area contributed by atoms with Gasteiger partial charge in [-0.1, -0.05) is 19.1 Å². The summed E-state index contributed by atoms with van der Waals surface area (Å²) in [5.74, 6) is -1.16. The van der Waals surface area contributed by atoms with Crippen molar-refractivity contribution in [1.29, 1.82) is 0 Å². The molecule has 7 nitrogen and oxygen atoms in total. The van der Waals surface area contributed by atoms with Crippen molar-refractivity contribution in [3.63, 3.8) is 0 Å². The predicted molar refractivity (Wildman–Crippen MR) is 90.1 cm³/mol. The van der Waals surface area contributed by atoms with E-state index in [1.165, 1.54) is 6.07 Å². The third-order valence-corrected chi connectivity index (χ3v) is 4.06. The lowest BCUT2D eigenvalue weighted by Gasteiger charge is -2.20. The van der Waals surface area contributed by atoms with Crippen LogP contribution in [0, 0.1) is 0 Å². The molecule has 0 bridgehead atoms. The fourth-order valence-electron chi connectivity index (χ4n) is 1.73. The van der Waals surface area contributed by atoms with E-state index >= 15 is 0 Å². The summed E-state index contributed by atoms with van der Waals surface area (Å²) in [7, 11) is -1.32. The number of urea groups is 1. The van der Waals surface area contributed by atoms with Gasteiger partial charge in [0.05, 0.1) is 21.3 Å². The van der Waals surface area contributed by atoms with Crippen LogP contribution in [-0.2, 0) is 20.3 Å². The summed E-state index contributed by atoms with van der Waals surface area (Å²) in [6.07, 6.45) is 0. The highest BCUT2D eigenvalue weighted by Gasteiger charge is 2.19. The third-order valence-electron chi connectivity index (χ3n) is 2.69. The molecule has 3 amide bonds. The van der Waals surface area contributed by atoms with Crippen LogP contribution < -0.4 is 10.6 Å². The third kappa shape index (κ3) is 6.49. The molecular formula is C16H22N2O5S. The van der Waals surface area contributed by atoms with Crippen LogP contribution >= 0.6 is 0 Å². The summed E-state index contributed by atoms with van der Waals surface area (Å²) in [6, 6.07) is 5.67. The first kappa shape index (κ1) is 19.8. The summed E-state index contributed by atoms with van der Waals surface area (Å²) in [6.45, 7) is 6.43. The number of benzene rings is 1. The van der Waals surface area contributed by atoms with Crippen LogP contribution in [0.2, 0.25) is 0 Å². The maximum Gasteiger partial charge on any atom is 0.339 e. The van der Waals surface area contributed by atoms with Gasteiger partial charge in [0, 0.05) is 11.3 Å². The van der Waals surface area contributed by atoms with Gasteiger partial charge in [-0.05, 0) is 32.9 Å². The maximum atomic E-state index is 12.1. The molecule has 24 heavy (non-hydrogen) atoms. The molecule has 0 spiro atoms. The first-order valence-electron chi connectivity index (χ1n) is 7.40. The zero-order valence-electron chi connectivity index (χ0n) is 14.2. The molecule has 0 radical (unpaired) electrons. The van der Waals surface area contributed by atoms with Crippen LogP contribution in [0.25, 0.3) is 0 Å². The second-order valence-corrected chi connectivity index (χ2v) is 7.67. The van der Waals surface area contributed by atoms with Crippen molar-refractivity contribution < 1.29 is 23.3 Å².